The van der Waals surface area contributed by atoms with Crippen LogP contribution in [0, 0.1) is 0 Å². The summed E-state index contributed by atoms with van der Waals surface area (Å²) in [6.45, 7) is 3.68. The number of nitrogens with zero attached hydrogens (tertiary/aromatic N) is 1. The molecule has 0 radical (unpaired) electrons. The minimum absolute atomic E-state index is 0.150. The van der Waals surface area contributed by atoms with Crippen molar-refractivity contribution in [1.82, 2.24) is 10.2 Å². The van der Waals surface area contributed by atoms with Crippen LogP contribution in [0.5, 0.6) is 5.75 Å². The zero-order valence-electron chi connectivity index (χ0n) is 18.2. The smallest absolute Gasteiger partial charge is 0.119 e. The summed E-state index contributed by atoms with van der Waals surface area (Å²) in [5, 5.41) is 15.0. The highest BCUT2D eigenvalue weighted by atomic mass is 16.5. The highest BCUT2D eigenvalue weighted by Gasteiger charge is 2.40. The number of benzene rings is 2. The number of rotatable bonds is 8. The second-order valence-electron chi connectivity index (χ2n) is 9.09. The number of likely N-dealkylation sites (N-methyl/N-ethyl adjacent to an activating group) is 1. The maximum Gasteiger partial charge on any atom is 0.119 e. The van der Waals surface area contributed by atoms with Crippen LogP contribution >= 0.6 is 0 Å². The Morgan fingerprint density at radius 1 is 1.07 bits per heavy atom. The van der Waals surface area contributed by atoms with Gasteiger partial charge in [-0.2, -0.15) is 0 Å². The van der Waals surface area contributed by atoms with Crippen LogP contribution in [0.1, 0.15) is 55.6 Å². The van der Waals surface area contributed by atoms with E-state index in [1.54, 1.807) is 0 Å². The third-order valence-electron chi connectivity index (χ3n) is 7.02. The zero-order chi connectivity index (χ0) is 20.8. The van der Waals surface area contributed by atoms with E-state index in [1.165, 1.54) is 24.0 Å². The van der Waals surface area contributed by atoms with Gasteiger partial charge in [0, 0.05) is 25.0 Å². The van der Waals surface area contributed by atoms with Crippen LogP contribution in [0.2, 0.25) is 0 Å². The molecule has 4 rings (SSSR count). The summed E-state index contributed by atoms with van der Waals surface area (Å²) in [4.78, 5) is 2.53. The average molecular weight is 409 g/mol. The molecule has 1 unspecified atom stereocenters. The van der Waals surface area contributed by atoms with Gasteiger partial charge >= 0.3 is 0 Å². The van der Waals surface area contributed by atoms with Crippen molar-refractivity contribution in [2.24, 2.45) is 0 Å². The minimum atomic E-state index is -0.595. The Balaban J connectivity index is 1.46. The molecular weight excluding hydrogens is 372 g/mol. The van der Waals surface area contributed by atoms with Crippen molar-refractivity contribution in [2.75, 3.05) is 26.7 Å². The van der Waals surface area contributed by atoms with E-state index < -0.39 is 5.60 Å². The van der Waals surface area contributed by atoms with Gasteiger partial charge in [0.25, 0.3) is 0 Å². The SMILES string of the molecule is CN[C@@H]1CCN(CC(c2ccc(OCc3ccccc3)cc2)C2(O)CCCCC2)C1. The molecule has 30 heavy (non-hydrogen) atoms. The molecule has 0 bridgehead atoms. The number of hydrogen-bond donors (Lipinski definition) is 2. The Morgan fingerprint density at radius 2 is 1.80 bits per heavy atom. The largest absolute Gasteiger partial charge is 0.489 e. The summed E-state index contributed by atoms with van der Waals surface area (Å²) in [5.41, 5.74) is 1.81. The number of aliphatic hydroxyl groups is 1. The molecule has 1 saturated carbocycles. The Morgan fingerprint density at radius 3 is 2.47 bits per heavy atom. The molecule has 1 aliphatic carbocycles. The van der Waals surface area contributed by atoms with Gasteiger partial charge in [0.15, 0.2) is 0 Å². The van der Waals surface area contributed by atoms with Crippen molar-refractivity contribution < 1.29 is 9.84 Å². The van der Waals surface area contributed by atoms with Crippen LogP contribution < -0.4 is 10.1 Å². The lowest BCUT2D eigenvalue weighted by molar-refractivity contribution is -0.0295. The molecular formula is C26H36N2O2. The van der Waals surface area contributed by atoms with Crippen LogP contribution in [-0.4, -0.2) is 48.3 Å². The molecule has 2 aliphatic rings. The summed E-state index contributed by atoms with van der Waals surface area (Å²) in [5.74, 6) is 1.03. The van der Waals surface area contributed by atoms with Crippen molar-refractivity contribution in [2.45, 2.75) is 62.7 Å². The van der Waals surface area contributed by atoms with E-state index >= 15 is 0 Å². The summed E-state index contributed by atoms with van der Waals surface area (Å²) >= 11 is 0. The van der Waals surface area contributed by atoms with Gasteiger partial charge in [-0.15, -0.1) is 0 Å². The van der Waals surface area contributed by atoms with E-state index in [4.69, 9.17) is 4.74 Å². The van der Waals surface area contributed by atoms with Crippen LogP contribution in [0.3, 0.4) is 0 Å². The first kappa shape index (κ1) is 21.4. The van der Waals surface area contributed by atoms with Gasteiger partial charge in [-0.25, -0.2) is 0 Å². The molecule has 1 heterocycles. The Labute approximate surface area is 181 Å². The highest BCUT2D eigenvalue weighted by Crippen LogP contribution is 2.41. The summed E-state index contributed by atoms with van der Waals surface area (Å²) in [7, 11) is 2.05. The first-order chi connectivity index (χ1) is 14.7. The molecule has 2 atom stereocenters. The van der Waals surface area contributed by atoms with Crippen molar-refractivity contribution in [3.05, 3.63) is 65.7 Å². The standard InChI is InChI=1S/C26H36N2O2/c1-27-23-14-17-28(18-23)19-25(26(29)15-6-3-7-16-26)22-10-12-24(13-11-22)30-20-21-8-4-2-5-9-21/h2,4-5,8-13,23,25,27,29H,3,6-7,14-20H2,1H3/t23-,25?/m1/s1. The fourth-order valence-corrected chi connectivity index (χ4v) is 5.13. The van der Waals surface area contributed by atoms with Crippen molar-refractivity contribution >= 4 is 0 Å². The van der Waals surface area contributed by atoms with Crippen LogP contribution in [0.4, 0.5) is 0 Å². The lowest BCUT2D eigenvalue weighted by Gasteiger charge is -2.41. The monoisotopic (exact) mass is 408 g/mol. The third kappa shape index (κ3) is 5.23. The zero-order valence-corrected chi connectivity index (χ0v) is 18.2. The molecule has 2 N–H and O–H groups in total. The van der Waals surface area contributed by atoms with Crippen molar-refractivity contribution in [3.8, 4) is 5.75 Å². The normalized spacial score (nSPS) is 22.7. The van der Waals surface area contributed by atoms with Gasteiger partial charge in [0.1, 0.15) is 12.4 Å². The molecule has 4 heteroatoms. The summed E-state index contributed by atoms with van der Waals surface area (Å²) in [6.07, 6.45) is 6.51. The van der Waals surface area contributed by atoms with E-state index in [0.29, 0.717) is 12.6 Å². The van der Waals surface area contributed by atoms with E-state index in [9.17, 15) is 5.11 Å². The predicted molar refractivity (Wildman–Crippen MR) is 122 cm³/mol. The second-order valence-corrected chi connectivity index (χ2v) is 9.09. The van der Waals surface area contributed by atoms with Crippen LogP contribution in [0.15, 0.2) is 54.6 Å². The minimum Gasteiger partial charge on any atom is -0.489 e. The lowest BCUT2D eigenvalue weighted by Crippen LogP contribution is -2.44. The molecule has 162 valence electrons. The molecule has 1 saturated heterocycles. The Bertz CT molecular complexity index is 771. The molecule has 1 aliphatic heterocycles. The van der Waals surface area contributed by atoms with Crippen LogP contribution in [-0.2, 0) is 6.61 Å². The average Bonchev–Trinajstić information content (AvgIpc) is 3.26. The molecule has 4 nitrogen and oxygen atoms in total. The van der Waals surface area contributed by atoms with Gasteiger partial charge in [-0.3, -0.25) is 0 Å². The predicted octanol–water partition coefficient (Wildman–Crippen LogP) is 4.34. The van der Waals surface area contributed by atoms with Gasteiger partial charge in [0.2, 0.25) is 0 Å². The van der Waals surface area contributed by atoms with E-state index in [0.717, 1.165) is 51.1 Å². The fraction of sp³-hybridized carbons (Fsp3) is 0.538. The number of nitrogens with one attached hydrogen (secondary N) is 1. The highest BCUT2D eigenvalue weighted by molar-refractivity contribution is 5.32. The molecule has 2 aromatic rings. The summed E-state index contributed by atoms with van der Waals surface area (Å²) < 4.78 is 5.98. The molecule has 0 spiro atoms. The lowest BCUT2D eigenvalue weighted by atomic mass is 9.72. The van der Waals surface area contributed by atoms with Crippen molar-refractivity contribution in [1.29, 1.82) is 0 Å². The molecule has 2 fully saturated rings. The van der Waals surface area contributed by atoms with E-state index in [2.05, 4.69) is 53.7 Å². The Kier molecular flexibility index (Phi) is 7.08. The Hall–Kier alpha value is -1.88. The van der Waals surface area contributed by atoms with E-state index in [1.807, 2.05) is 18.2 Å². The first-order valence-corrected chi connectivity index (χ1v) is 11.5. The molecule has 2 aromatic carbocycles. The maximum absolute atomic E-state index is 11.6. The molecule has 0 amide bonds. The topological polar surface area (TPSA) is 44.7 Å². The maximum atomic E-state index is 11.6. The van der Waals surface area contributed by atoms with Gasteiger partial charge in [0.05, 0.1) is 5.60 Å². The van der Waals surface area contributed by atoms with Gasteiger partial charge in [-0.1, -0.05) is 61.7 Å². The summed E-state index contributed by atoms with van der Waals surface area (Å²) in [6, 6.07) is 19.3. The number of ether oxygens (including phenoxy) is 1. The third-order valence-corrected chi connectivity index (χ3v) is 7.02. The molecule has 0 aromatic heterocycles. The second kappa shape index (κ2) is 9.95. The fourth-order valence-electron chi connectivity index (χ4n) is 5.13. The quantitative estimate of drug-likeness (QED) is 0.682. The number of hydrogen-bond acceptors (Lipinski definition) is 4. The number of likely N-dealkylation sites (tertiary alicyclic amines) is 1. The van der Waals surface area contributed by atoms with Crippen LogP contribution in [0.25, 0.3) is 0 Å². The van der Waals surface area contributed by atoms with Gasteiger partial charge in [-0.05, 0) is 56.1 Å². The van der Waals surface area contributed by atoms with E-state index in [-0.39, 0.29) is 5.92 Å². The van der Waals surface area contributed by atoms with Gasteiger partial charge < -0.3 is 20.1 Å². The van der Waals surface area contributed by atoms with Crippen molar-refractivity contribution in [3.63, 3.8) is 0 Å². The first-order valence-electron chi connectivity index (χ1n) is 11.5.